The Morgan fingerprint density at radius 2 is 0.909 bits per heavy atom. The lowest BCUT2D eigenvalue weighted by Crippen LogP contribution is -2.05. The molecule has 0 saturated carbocycles. The molecule has 0 bridgehead atoms. The Labute approximate surface area is 186 Å². The fraction of sp³-hybridized carbons (Fsp3) is 0.0435. The maximum Gasteiger partial charge on any atom is 0.335 e. The molecule has 0 atom stereocenters. The number of nitrogen functional groups attached to an aromatic ring is 1. The molecular weight excluding hydrogens is 434 g/mol. The molecule has 0 spiro atoms. The van der Waals surface area contributed by atoms with Crippen LogP contribution in [0.2, 0.25) is 0 Å². The van der Waals surface area contributed by atoms with Crippen molar-refractivity contribution in [3.63, 3.8) is 0 Å². The molecular formula is C23H17NO9. The van der Waals surface area contributed by atoms with Gasteiger partial charge in [0, 0.05) is 16.8 Å². The third-order valence-corrected chi connectivity index (χ3v) is 4.87. The zero-order chi connectivity index (χ0) is 24.4. The van der Waals surface area contributed by atoms with Crippen molar-refractivity contribution in [3.05, 3.63) is 70.8 Å². The molecule has 33 heavy (non-hydrogen) atoms. The zero-order valence-electron chi connectivity index (χ0n) is 17.0. The largest absolute Gasteiger partial charge is 0.497 e. The number of carboxylic acid groups (broad SMARTS) is 4. The fourth-order valence-corrected chi connectivity index (χ4v) is 3.28. The number of aromatic carboxylic acids is 4. The van der Waals surface area contributed by atoms with Gasteiger partial charge in [0.05, 0.1) is 29.4 Å². The summed E-state index contributed by atoms with van der Waals surface area (Å²) in [6, 6.07) is 9.87. The second kappa shape index (κ2) is 8.71. The Bertz CT molecular complexity index is 1170. The van der Waals surface area contributed by atoms with Gasteiger partial charge in [-0.05, 0) is 59.7 Å². The van der Waals surface area contributed by atoms with E-state index in [-0.39, 0.29) is 55.9 Å². The maximum atomic E-state index is 11.5. The number of hydrogen-bond donors (Lipinski definition) is 5. The summed E-state index contributed by atoms with van der Waals surface area (Å²) in [7, 11) is 1.35. The summed E-state index contributed by atoms with van der Waals surface area (Å²) in [5.41, 5.74) is 6.00. The van der Waals surface area contributed by atoms with E-state index in [0.717, 1.165) is 12.1 Å². The number of rotatable bonds is 7. The zero-order valence-corrected chi connectivity index (χ0v) is 17.0. The summed E-state index contributed by atoms with van der Waals surface area (Å²) < 4.78 is 5.28. The van der Waals surface area contributed by atoms with Gasteiger partial charge >= 0.3 is 23.9 Å². The van der Waals surface area contributed by atoms with E-state index < -0.39 is 23.9 Å². The summed E-state index contributed by atoms with van der Waals surface area (Å²) >= 11 is 0. The Morgan fingerprint density at radius 1 is 0.606 bits per heavy atom. The van der Waals surface area contributed by atoms with Gasteiger partial charge in [0.2, 0.25) is 0 Å². The number of carboxylic acids is 4. The average molecular weight is 451 g/mol. The molecule has 168 valence electrons. The molecule has 10 nitrogen and oxygen atoms in total. The smallest absolute Gasteiger partial charge is 0.335 e. The van der Waals surface area contributed by atoms with Crippen LogP contribution >= 0.6 is 0 Å². The molecule has 0 aliphatic carbocycles. The lowest BCUT2D eigenvalue weighted by molar-refractivity contribution is 0.0676. The summed E-state index contributed by atoms with van der Waals surface area (Å²) in [5.74, 6) is -5.14. The molecule has 10 heteroatoms. The predicted octanol–water partition coefficient (Wildman–Crippen LogP) is 3.40. The van der Waals surface area contributed by atoms with Crippen LogP contribution in [-0.4, -0.2) is 51.4 Å². The minimum atomic E-state index is -1.35. The van der Waals surface area contributed by atoms with Gasteiger partial charge in [0.25, 0.3) is 0 Å². The highest BCUT2D eigenvalue weighted by atomic mass is 16.5. The van der Waals surface area contributed by atoms with Gasteiger partial charge in [0.15, 0.2) is 0 Å². The molecule has 0 fully saturated rings. The topological polar surface area (TPSA) is 184 Å². The van der Waals surface area contributed by atoms with Gasteiger partial charge in [-0.15, -0.1) is 0 Å². The minimum Gasteiger partial charge on any atom is -0.497 e. The molecule has 0 amide bonds. The van der Waals surface area contributed by atoms with Crippen molar-refractivity contribution in [2.75, 3.05) is 12.8 Å². The fourth-order valence-electron chi connectivity index (χ4n) is 3.28. The number of hydrogen-bond acceptors (Lipinski definition) is 6. The number of anilines is 1. The lowest BCUT2D eigenvalue weighted by Gasteiger charge is -2.16. The Balaban J connectivity index is 2.34. The molecule has 0 unspecified atom stereocenters. The first-order valence-corrected chi connectivity index (χ1v) is 9.23. The average Bonchev–Trinajstić information content (AvgIpc) is 2.78. The lowest BCUT2D eigenvalue weighted by atomic mass is 9.92. The number of carbonyl (C=O) groups is 4. The quantitative estimate of drug-likeness (QED) is 0.333. The first kappa shape index (κ1) is 22.8. The number of methoxy groups -OCH3 is 1. The van der Waals surface area contributed by atoms with Crippen LogP contribution < -0.4 is 10.5 Å². The predicted molar refractivity (Wildman–Crippen MR) is 116 cm³/mol. The molecule has 3 aromatic rings. The van der Waals surface area contributed by atoms with Crippen LogP contribution in [0.15, 0.2) is 48.5 Å². The molecule has 0 aromatic heterocycles. The Hall–Kier alpha value is -4.86. The number of ether oxygens (including phenoxy) is 1. The summed E-state index contributed by atoms with van der Waals surface area (Å²) in [6.07, 6.45) is 0. The van der Waals surface area contributed by atoms with Crippen molar-refractivity contribution >= 4 is 29.6 Å². The highest BCUT2D eigenvalue weighted by molar-refractivity contribution is 6.00. The van der Waals surface area contributed by atoms with Crippen LogP contribution in [0.5, 0.6) is 5.75 Å². The summed E-state index contributed by atoms with van der Waals surface area (Å²) in [6.45, 7) is 0. The molecule has 0 saturated heterocycles. The molecule has 0 aliphatic rings. The van der Waals surface area contributed by atoms with Gasteiger partial charge in [-0.3, -0.25) is 0 Å². The minimum absolute atomic E-state index is 0.0357. The van der Waals surface area contributed by atoms with Crippen molar-refractivity contribution < 1.29 is 44.3 Å². The number of benzene rings is 3. The van der Waals surface area contributed by atoms with Crippen LogP contribution in [-0.2, 0) is 0 Å². The molecule has 6 N–H and O–H groups in total. The second-order valence-electron chi connectivity index (χ2n) is 6.95. The Kier molecular flexibility index (Phi) is 6.02. The molecule has 0 heterocycles. The highest BCUT2D eigenvalue weighted by Gasteiger charge is 2.19. The molecule has 0 radical (unpaired) electrons. The first-order chi connectivity index (χ1) is 15.5. The van der Waals surface area contributed by atoms with Crippen molar-refractivity contribution in [3.8, 4) is 28.0 Å². The third-order valence-electron chi connectivity index (χ3n) is 4.87. The standard InChI is InChI=1S/C23H17NO9/c1-33-16-8-17(10-2-12(20(25)26)6-13(3-10)21(27)28)19(24)18(9-16)11-4-14(22(29)30)7-15(5-11)23(31)32/h2-9H,24H2,1H3,(H,25,26)(H,27,28)(H,29,30)(H,31,32). The van der Waals surface area contributed by atoms with E-state index in [1.54, 1.807) is 0 Å². The van der Waals surface area contributed by atoms with Crippen molar-refractivity contribution in [2.24, 2.45) is 0 Å². The van der Waals surface area contributed by atoms with E-state index in [1.807, 2.05) is 0 Å². The van der Waals surface area contributed by atoms with Gasteiger partial charge < -0.3 is 30.9 Å². The summed E-state index contributed by atoms with van der Waals surface area (Å²) in [5, 5.41) is 37.5. The monoisotopic (exact) mass is 451 g/mol. The van der Waals surface area contributed by atoms with Crippen molar-refractivity contribution in [1.29, 1.82) is 0 Å². The van der Waals surface area contributed by atoms with Gasteiger partial charge in [-0.1, -0.05) is 0 Å². The highest BCUT2D eigenvalue weighted by Crippen LogP contribution is 2.40. The Morgan fingerprint density at radius 3 is 1.15 bits per heavy atom. The van der Waals surface area contributed by atoms with E-state index >= 15 is 0 Å². The second-order valence-corrected chi connectivity index (χ2v) is 6.95. The third kappa shape index (κ3) is 4.59. The molecule has 3 aromatic carbocycles. The van der Waals surface area contributed by atoms with Crippen LogP contribution in [0, 0.1) is 0 Å². The van der Waals surface area contributed by atoms with E-state index in [2.05, 4.69) is 0 Å². The van der Waals surface area contributed by atoms with E-state index in [4.69, 9.17) is 10.5 Å². The summed E-state index contributed by atoms with van der Waals surface area (Å²) in [4.78, 5) is 46.0. The SMILES string of the molecule is COc1cc(-c2cc(C(=O)O)cc(C(=O)O)c2)c(N)c(-c2cc(C(=O)O)cc(C(=O)O)c2)c1. The van der Waals surface area contributed by atoms with Crippen molar-refractivity contribution in [1.82, 2.24) is 0 Å². The van der Waals surface area contributed by atoms with E-state index in [1.165, 1.54) is 43.5 Å². The first-order valence-electron chi connectivity index (χ1n) is 9.23. The van der Waals surface area contributed by atoms with Crippen LogP contribution in [0.4, 0.5) is 5.69 Å². The molecule has 0 aliphatic heterocycles. The van der Waals surface area contributed by atoms with E-state index in [0.29, 0.717) is 0 Å². The van der Waals surface area contributed by atoms with Crippen LogP contribution in [0.3, 0.4) is 0 Å². The van der Waals surface area contributed by atoms with E-state index in [9.17, 15) is 39.6 Å². The van der Waals surface area contributed by atoms with Crippen molar-refractivity contribution in [2.45, 2.75) is 0 Å². The van der Waals surface area contributed by atoms with Gasteiger partial charge in [0.1, 0.15) is 5.75 Å². The normalized spacial score (nSPS) is 10.5. The van der Waals surface area contributed by atoms with Gasteiger partial charge in [-0.25, -0.2) is 19.2 Å². The maximum absolute atomic E-state index is 11.5. The van der Waals surface area contributed by atoms with Crippen LogP contribution in [0.25, 0.3) is 22.3 Å². The van der Waals surface area contributed by atoms with Gasteiger partial charge in [-0.2, -0.15) is 0 Å². The van der Waals surface area contributed by atoms with Crippen LogP contribution in [0.1, 0.15) is 41.4 Å². The molecule has 3 rings (SSSR count). The number of nitrogens with two attached hydrogens (primary N) is 1.